The summed E-state index contributed by atoms with van der Waals surface area (Å²) < 4.78 is 27.4. The van der Waals surface area contributed by atoms with Crippen LogP contribution in [-0.2, 0) is 23.7 Å². The van der Waals surface area contributed by atoms with Gasteiger partial charge in [-0.1, -0.05) is 0 Å². The second-order valence-electron chi connectivity index (χ2n) is 4.85. The summed E-state index contributed by atoms with van der Waals surface area (Å²) in [7, 11) is 0. The van der Waals surface area contributed by atoms with Gasteiger partial charge in [-0.3, -0.25) is 0 Å². The molecule has 0 aliphatic carbocycles. The minimum Gasteiger partial charge on any atom is -0.874 e. The van der Waals surface area contributed by atoms with Gasteiger partial charge in [0.15, 0.2) is 12.1 Å². The molecule has 2 heterocycles. The molecule has 0 aromatic rings. The van der Waals surface area contributed by atoms with E-state index in [9.17, 15) is 5.11 Å². The molecule has 0 bridgehead atoms. The zero-order valence-corrected chi connectivity index (χ0v) is 13.0. The van der Waals surface area contributed by atoms with Gasteiger partial charge in [0.1, 0.15) is 19.0 Å². The predicted octanol–water partition coefficient (Wildman–Crippen LogP) is -6.19. The Morgan fingerprint density at radius 2 is 1.95 bits per heavy atom. The molecular weight excluding hydrogens is 254 g/mol. The second kappa shape index (κ2) is 8.55. The van der Waals surface area contributed by atoms with Crippen molar-refractivity contribution in [3.63, 3.8) is 0 Å². The Morgan fingerprint density at radius 3 is 2.50 bits per heavy atom. The molecule has 2 saturated heterocycles. The van der Waals surface area contributed by atoms with Crippen LogP contribution in [0.5, 0.6) is 0 Å². The molecule has 2 aliphatic heterocycles. The molecule has 20 heavy (non-hydrogen) atoms. The average molecular weight is 274 g/mol. The molecule has 0 saturated carbocycles. The van der Waals surface area contributed by atoms with Crippen molar-refractivity contribution >= 4 is 0 Å². The molecule has 106 valence electrons. The molecule has 5 atom stereocenters. The third-order valence-corrected chi connectivity index (χ3v) is 2.94. The van der Waals surface area contributed by atoms with Crippen LogP contribution in [0.1, 0.15) is 20.8 Å². The van der Waals surface area contributed by atoms with Crippen molar-refractivity contribution < 1.29 is 66.5 Å². The van der Waals surface area contributed by atoms with Crippen molar-refractivity contribution in [1.82, 2.24) is 0 Å². The fourth-order valence-electron chi connectivity index (χ4n) is 2.20. The van der Waals surface area contributed by atoms with E-state index in [0.29, 0.717) is 6.61 Å². The molecule has 2 rings (SSSR count). The van der Waals surface area contributed by atoms with Crippen molar-refractivity contribution in [2.45, 2.75) is 57.3 Å². The Hall–Kier alpha value is 0.955. The van der Waals surface area contributed by atoms with E-state index in [0.717, 1.165) is 0 Å². The summed E-state index contributed by atoms with van der Waals surface area (Å²) in [5, 5.41) is 11.5. The first-order valence-corrected chi connectivity index (χ1v) is 6.14. The van der Waals surface area contributed by atoms with E-state index < -0.39 is 36.5 Å². The molecule has 0 spiro atoms. The SMILES string of the molecule is [CH2-][C@@H]([O-])[C@H]1O[C@@H]2OC(C)(C)O[C@@H]2[C@H]1OCOCC.[Li+].[Li+]. The summed E-state index contributed by atoms with van der Waals surface area (Å²) in [6, 6.07) is 0. The summed E-state index contributed by atoms with van der Waals surface area (Å²) in [4.78, 5) is 0. The fraction of sp³-hybridized carbons (Fsp3) is 0.917. The summed E-state index contributed by atoms with van der Waals surface area (Å²) in [6.07, 6.45) is -3.34. The van der Waals surface area contributed by atoms with Crippen LogP contribution in [-0.4, -0.2) is 49.9 Å². The minimum atomic E-state index is -1.16. The smallest absolute Gasteiger partial charge is 0.874 e. The molecule has 6 nitrogen and oxygen atoms in total. The Labute approximate surface area is 144 Å². The van der Waals surface area contributed by atoms with Gasteiger partial charge in [0.25, 0.3) is 0 Å². The number of hydrogen-bond acceptors (Lipinski definition) is 6. The van der Waals surface area contributed by atoms with Gasteiger partial charge in [-0.25, -0.2) is 6.10 Å². The number of fused-ring (bicyclic) bond motifs is 1. The quantitative estimate of drug-likeness (QED) is 0.215. The van der Waals surface area contributed by atoms with Crippen LogP contribution in [0.4, 0.5) is 0 Å². The number of rotatable bonds is 5. The average Bonchev–Trinajstić information content (AvgIpc) is 2.72. The molecule has 0 amide bonds. The van der Waals surface area contributed by atoms with Crippen LogP contribution in [0.25, 0.3) is 0 Å². The zero-order valence-electron chi connectivity index (χ0n) is 13.0. The molecule has 2 fully saturated rings. The van der Waals surface area contributed by atoms with Gasteiger partial charge in [-0.05, 0) is 20.8 Å². The van der Waals surface area contributed by atoms with Crippen LogP contribution >= 0.6 is 0 Å². The molecule has 0 N–H and O–H groups in total. The molecular formula is C12H20Li2O6. The van der Waals surface area contributed by atoms with Crippen LogP contribution in [0.2, 0.25) is 0 Å². The van der Waals surface area contributed by atoms with Gasteiger partial charge >= 0.3 is 37.7 Å². The van der Waals surface area contributed by atoms with Gasteiger partial charge in [0, 0.05) is 6.61 Å². The second-order valence-corrected chi connectivity index (χ2v) is 4.85. The normalized spacial score (nSPS) is 35.9. The van der Waals surface area contributed by atoms with E-state index in [1.54, 1.807) is 13.8 Å². The molecule has 0 aromatic carbocycles. The van der Waals surface area contributed by atoms with Crippen molar-refractivity contribution in [1.29, 1.82) is 0 Å². The van der Waals surface area contributed by atoms with E-state index in [1.807, 2.05) is 6.92 Å². The van der Waals surface area contributed by atoms with Gasteiger partial charge in [-0.15, -0.1) is 0 Å². The monoisotopic (exact) mass is 274 g/mol. The van der Waals surface area contributed by atoms with Gasteiger partial charge < -0.3 is 35.7 Å². The summed E-state index contributed by atoms with van der Waals surface area (Å²) in [5.74, 6) is -0.729. The van der Waals surface area contributed by atoms with Crippen LogP contribution in [0.3, 0.4) is 0 Å². The standard InChI is InChI=1S/C12H20O6.2Li/c1-5-14-6-15-9-8(7(2)13)16-11-10(9)17-12(3,4)18-11;;/h7-11H,2,5-6H2,1,3-4H3;;/q-2;2*+1/t7-,8-,9+,10-,11-;;/m1../s1. The van der Waals surface area contributed by atoms with Crippen LogP contribution in [0.15, 0.2) is 0 Å². The maximum absolute atomic E-state index is 11.5. The van der Waals surface area contributed by atoms with Gasteiger partial charge in [0.2, 0.25) is 0 Å². The molecule has 0 radical (unpaired) electrons. The largest absolute Gasteiger partial charge is 1.00 e. The van der Waals surface area contributed by atoms with Gasteiger partial charge in [0.05, 0.1) is 6.10 Å². The first-order chi connectivity index (χ1) is 8.44. The van der Waals surface area contributed by atoms with E-state index in [4.69, 9.17) is 23.7 Å². The summed E-state index contributed by atoms with van der Waals surface area (Å²) in [6.45, 7) is 9.54. The Morgan fingerprint density at radius 1 is 1.30 bits per heavy atom. The Kier molecular flexibility index (Phi) is 8.96. The van der Waals surface area contributed by atoms with Crippen LogP contribution < -0.4 is 42.8 Å². The Balaban J connectivity index is 0.00000180. The molecule has 0 aromatic heterocycles. The van der Waals surface area contributed by atoms with Crippen LogP contribution in [0, 0.1) is 6.92 Å². The van der Waals surface area contributed by atoms with Crippen molar-refractivity contribution in [3.05, 3.63) is 6.92 Å². The first kappa shape index (κ1) is 21.0. The van der Waals surface area contributed by atoms with Crippen molar-refractivity contribution in [2.75, 3.05) is 13.4 Å². The van der Waals surface area contributed by atoms with Crippen molar-refractivity contribution in [2.24, 2.45) is 0 Å². The van der Waals surface area contributed by atoms with Gasteiger partial charge in [-0.2, -0.15) is 0 Å². The van der Waals surface area contributed by atoms with E-state index in [1.165, 1.54) is 0 Å². The molecule has 8 heteroatoms. The maximum atomic E-state index is 11.5. The third-order valence-electron chi connectivity index (χ3n) is 2.94. The topological polar surface area (TPSA) is 69.2 Å². The van der Waals surface area contributed by atoms with E-state index >= 15 is 0 Å². The minimum absolute atomic E-state index is 0. The maximum Gasteiger partial charge on any atom is 1.00 e. The third kappa shape index (κ3) is 4.73. The molecule has 2 aliphatic rings. The summed E-state index contributed by atoms with van der Waals surface area (Å²) >= 11 is 0. The molecule has 0 unspecified atom stereocenters. The predicted molar refractivity (Wildman–Crippen MR) is 59.2 cm³/mol. The Bertz CT molecular complexity index is 289. The van der Waals surface area contributed by atoms with E-state index in [2.05, 4.69) is 6.92 Å². The van der Waals surface area contributed by atoms with E-state index in [-0.39, 0.29) is 44.5 Å². The van der Waals surface area contributed by atoms with Crippen molar-refractivity contribution in [3.8, 4) is 0 Å². The number of ether oxygens (including phenoxy) is 5. The fourth-order valence-corrected chi connectivity index (χ4v) is 2.20. The first-order valence-electron chi connectivity index (χ1n) is 6.14. The summed E-state index contributed by atoms with van der Waals surface area (Å²) in [5.41, 5.74) is 0. The zero-order chi connectivity index (χ0) is 13.3. The number of hydrogen-bond donors (Lipinski definition) is 0.